The highest BCUT2D eigenvalue weighted by Gasteiger charge is 2.32. The highest BCUT2D eigenvalue weighted by atomic mass is 19.4. The summed E-state index contributed by atoms with van der Waals surface area (Å²) in [5.41, 5.74) is 2.51. The van der Waals surface area contributed by atoms with Crippen LogP contribution in [0.4, 0.5) is 19.1 Å². The van der Waals surface area contributed by atoms with Crippen LogP contribution in [-0.4, -0.2) is 48.3 Å². The van der Waals surface area contributed by atoms with E-state index in [9.17, 15) is 13.2 Å². The van der Waals surface area contributed by atoms with Gasteiger partial charge in [0.2, 0.25) is 5.95 Å². The van der Waals surface area contributed by atoms with Crippen molar-refractivity contribution in [1.29, 1.82) is 0 Å². The predicted molar refractivity (Wildman–Crippen MR) is 115 cm³/mol. The number of aromatic nitrogens is 6. The zero-order chi connectivity index (χ0) is 23.3. The van der Waals surface area contributed by atoms with E-state index in [1.165, 1.54) is 16.7 Å². The van der Waals surface area contributed by atoms with Crippen molar-refractivity contribution in [3.8, 4) is 11.4 Å². The lowest BCUT2D eigenvalue weighted by atomic mass is 10.1. The third kappa shape index (κ3) is 4.04. The van der Waals surface area contributed by atoms with Gasteiger partial charge in [0.1, 0.15) is 11.8 Å². The summed E-state index contributed by atoms with van der Waals surface area (Å²) in [6.07, 6.45) is 1.40. The maximum absolute atomic E-state index is 13.2. The third-order valence-corrected chi connectivity index (χ3v) is 5.68. The second-order valence-corrected chi connectivity index (χ2v) is 8.21. The van der Waals surface area contributed by atoms with Crippen molar-refractivity contribution < 1.29 is 17.9 Å². The van der Waals surface area contributed by atoms with Gasteiger partial charge in [-0.15, -0.1) is 0 Å². The Morgan fingerprint density at radius 1 is 1.09 bits per heavy atom. The molecule has 2 atom stereocenters. The molecule has 0 bridgehead atoms. The van der Waals surface area contributed by atoms with Gasteiger partial charge in [-0.1, -0.05) is 0 Å². The maximum atomic E-state index is 13.2. The van der Waals surface area contributed by atoms with Crippen LogP contribution >= 0.6 is 0 Å². The Morgan fingerprint density at radius 2 is 1.91 bits per heavy atom. The molecule has 0 unspecified atom stereocenters. The fraction of sp³-hybridized carbons (Fsp3) is 0.364. The molecule has 5 heterocycles. The molecule has 4 aromatic heterocycles. The molecule has 4 aromatic rings. The van der Waals surface area contributed by atoms with Gasteiger partial charge in [0.25, 0.3) is 0 Å². The Balaban J connectivity index is 1.49. The number of aryl methyl sites for hydroxylation is 2. The summed E-state index contributed by atoms with van der Waals surface area (Å²) in [7, 11) is 1.87. The SMILES string of the molecule is Cc1nn(C)cc1[C@@H]1CN(c2nccc(-c3cnc4ccc(C(F)(F)F)cn34)n2)C[C@H](C)O1. The van der Waals surface area contributed by atoms with E-state index in [-0.39, 0.29) is 12.2 Å². The van der Waals surface area contributed by atoms with Crippen LogP contribution in [0.5, 0.6) is 0 Å². The lowest BCUT2D eigenvalue weighted by Gasteiger charge is -2.36. The molecule has 172 valence electrons. The molecule has 33 heavy (non-hydrogen) atoms. The number of nitrogens with zero attached hydrogens (tertiary/aromatic N) is 7. The van der Waals surface area contributed by atoms with Crippen LogP contribution in [0.2, 0.25) is 0 Å². The summed E-state index contributed by atoms with van der Waals surface area (Å²) < 4.78 is 49.0. The Labute approximate surface area is 187 Å². The summed E-state index contributed by atoms with van der Waals surface area (Å²) in [5.74, 6) is 0.483. The lowest BCUT2D eigenvalue weighted by molar-refractivity contribution is -0.137. The van der Waals surface area contributed by atoms with Gasteiger partial charge < -0.3 is 9.64 Å². The molecule has 1 saturated heterocycles. The number of rotatable bonds is 3. The largest absolute Gasteiger partial charge is 0.417 e. The van der Waals surface area contributed by atoms with E-state index < -0.39 is 11.7 Å². The molecule has 0 saturated carbocycles. The van der Waals surface area contributed by atoms with Crippen LogP contribution in [0.1, 0.15) is 29.8 Å². The standard InChI is InChI=1S/C22H22F3N7O/c1-13-9-31(12-19(33-13)16-11-30(3)29-14(16)2)21-26-7-6-17(28-21)18-8-27-20-5-4-15(10-32(18)20)22(23,24)25/h4-8,10-11,13,19H,9,12H2,1-3H3/t13-,19-/m0/s1. The van der Waals surface area contributed by atoms with Gasteiger partial charge in [-0.3, -0.25) is 9.08 Å². The highest BCUT2D eigenvalue weighted by molar-refractivity contribution is 5.61. The van der Waals surface area contributed by atoms with E-state index in [4.69, 9.17) is 4.74 Å². The minimum Gasteiger partial charge on any atom is -0.367 e. The van der Waals surface area contributed by atoms with Gasteiger partial charge in [0, 0.05) is 37.7 Å². The molecule has 0 amide bonds. The average Bonchev–Trinajstić information content (AvgIpc) is 3.34. The van der Waals surface area contributed by atoms with Crippen molar-refractivity contribution in [3.63, 3.8) is 0 Å². The summed E-state index contributed by atoms with van der Waals surface area (Å²) in [6, 6.07) is 4.03. The molecule has 8 nitrogen and oxygen atoms in total. The minimum absolute atomic E-state index is 0.0687. The molecule has 0 radical (unpaired) electrons. The molecule has 1 fully saturated rings. The molecule has 1 aliphatic heterocycles. The first-order valence-electron chi connectivity index (χ1n) is 10.5. The van der Waals surface area contributed by atoms with Crippen LogP contribution in [0.3, 0.4) is 0 Å². The Bertz CT molecular complexity index is 1310. The van der Waals surface area contributed by atoms with Gasteiger partial charge in [-0.05, 0) is 32.0 Å². The first-order chi connectivity index (χ1) is 15.7. The van der Waals surface area contributed by atoms with E-state index >= 15 is 0 Å². The maximum Gasteiger partial charge on any atom is 0.417 e. The highest BCUT2D eigenvalue weighted by Crippen LogP contribution is 2.32. The second-order valence-electron chi connectivity index (χ2n) is 8.21. The van der Waals surface area contributed by atoms with Crippen molar-refractivity contribution in [2.45, 2.75) is 32.2 Å². The molecule has 5 rings (SSSR count). The topological polar surface area (TPSA) is 73.4 Å². The van der Waals surface area contributed by atoms with Crippen molar-refractivity contribution >= 4 is 11.6 Å². The van der Waals surface area contributed by atoms with Gasteiger partial charge in [0.05, 0.1) is 41.5 Å². The zero-order valence-corrected chi connectivity index (χ0v) is 18.3. The molecular formula is C22H22F3N7O. The van der Waals surface area contributed by atoms with Crippen LogP contribution in [0.25, 0.3) is 17.0 Å². The van der Waals surface area contributed by atoms with Gasteiger partial charge in [-0.25, -0.2) is 15.0 Å². The number of morpholine rings is 1. The first-order valence-corrected chi connectivity index (χ1v) is 10.5. The Morgan fingerprint density at radius 3 is 2.64 bits per heavy atom. The number of fused-ring (bicyclic) bond motifs is 1. The summed E-state index contributed by atoms with van der Waals surface area (Å²) in [6.45, 7) is 5.05. The summed E-state index contributed by atoms with van der Waals surface area (Å²) in [5, 5.41) is 4.41. The number of hydrogen-bond acceptors (Lipinski definition) is 6. The Hall–Kier alpha value is -3.47. The number of imidazole rings is 1. The average molecular weight is 457 g/mol. The van der Waals surface area contributed by atoms with Gasteiger partial charge in [-0.2, -0.15) is 18.3 Å². The molecule has 1 aliphatic rings. The molecule has 0 N–H and O–H groups in total. The zero-order valence-electron chi connectivity index (χ0n) is 18.3. The monoisotopic (exact) mass is 457 g/mol. The van der Waals surface area contributed by atoms with Crippen LogP contribution in [0, 0.1) is 6.92 Å². The van der Waals surface area contributed by atoms with Crippen LogP contribution in [0.15, 0.2) is 43.0 Å². The van der Waals surface area contributed by atoms with Crippen molar-refractivity contribution in [2.75, 3.05) is 18.0 Å². The summed E-state index contributed by atoms with van der Waals surface area (Å²) >= 11 is 0. The number of anilines is 1. The molecule has 0 aliphatic carbocycles. The normalized spacial score (nSPS) is 19.4. The third-order valence-electron chi connectivity index (χ3n) is 5.68. The fourth-order valence-electron chi connectivity index (χ4n) is 4.20. The number of hydrogen-bond donors (Lipinski definition) is 0. The van der Waals surface area contributed by atoms with Crippen molar-refractivity contribution in [1.82, 2.24) is 29.1 Å². The lowest BCUT2D eigenvalue weighted by Crippen LogP contribution is -2.43. The minimum atomic E-state index is -4.45. The molecule has 0 aromatic carbocycles. The van der Waals surface area contributed by atoms with E-state index in [1.54, 1.807) is 16.9 Å². The summed E-state index contributed by atoms with van der Waals surface area (Å²) in [4.78, 5) is 15.4. The van der Waals surface area contributed by atoms with E-state index in [0.29, 0.717) is 36.1 Å². The predicted octanol–water partition coefficient (Wildman–Crippen LogP) is 3.82. The van der Waals surface area contributed by atoms with E-state index in [1.807, 2.05) is 32.0 Å². The van der Waals surface area contributed by atoms with Gasteiger partial charge >= 0.3 is 6.18 Å². The van der Waals surface area contributed by atoms with Crippen LogP contribution < -0.4 is 4.90 Å². The van der Waals surface area contributed by atoms with Crippen molar-refractivity contribution in [2.24, 2.45) is 7.05 Å². The van der Waals surface area contributed by atoms with E-state index in [2.05, 4.69) is 20.1 Å². The second kappa shape index (κ2) is 7.84. The number of alkyl halides is 3. The molecule has 11 heteroatoms. The quantitative estimate of drug-likeness (QED) is 0.466. The molecular weight excluding hydrogens is 435 g/mol. The van der Waals surface area contributed by atoms with E-state index in [0.717, 1.165) is 23.5 Å². The van der Waals surface area contributed by atoms with Gasteiger partial charge in [0.15, 0.2) is 0 Å². The molecule has 0 spiro atoms. The van der Waals surface area contributed by atoms with Crippen molar-refractivity contribution in [3.05, 3.63) is 59.8 Å². The number of pyridine rings is 1. The number of ether oxygens (including phenoxy) is 1. The van der Waals surface area contributed by atoms with Crippen LogP contribution in [-0.2, 0) is 18.0 Å². The fourth-order valence-corrected chi connectivity index (χ4v) is 4.20. The first kappa shape index (κ1) is 21.4. The Kier molecular flexibility index (Phi) is 5.08. The number of halogens is 3. The smallest absolute Gasteiger partial charge is 0.367 e.